The first kappa shape index (κ1) is 8.55. The molecule has 0 aliphatic rings. The third-order valence-corrected chi connectivity index (χ3v) is 3.65. The summed E-state index contributed by atoms with van der Waals surface area (Å²) in [6.07, 6.45) is 0. The van der Waals surface area contributed by atoms with Gasteiger partial charge in [-0.3, -0.25) is 0 Å². The molecule has 2 rings (SSSR count). The highest BCUT2D eigenvalue weighted by Gasteiger charge is 2.00. The topological polar surface area (TPSA) is 0 Å². The van der Waals surface area contributed by atoms with Gasteiger partial charge in [0.2, 0.25) is 0 Å². The van der Waals surface area contributed by atoms with E-state index in [1.165, 1.54) is 9.75 Å². The lowest BCUT2D eigenvalue weighted by Gasteiger charge is -1.86. The van der Waals surface area contributed by atoms with E-state index in [9.17, 15) is 0 Å². The molecule has 0 bridgehead atoms. The first-order chi connectivity index (χ1) is 6.40. The van der Waals surface area contributed by atoms with Crippen molar-refractivity contribution in [1.29, 1.82) is 0 Å². The molecule has 0 aromatic carbocycles. The quantitative estimate of drug-likeness (QED) is 0.620. The van der Waals surface area contributed by atoms with Gasteiger partial charge in [-0.1, -0.05) is 17.9 Å². The van der Waals surface area contributed by atoms with Gasteiger partial charge in [0, 0.05) is 16.7 Å². The summed E-state index contributed by atoms with van der Waals surface area (Å²) in [5.74, 6) is 5.61. The first-order valence-corrected chi connectivity index (χ1v) is 5.51. The van der Waals surface area contributed by atoms with E-state index in [1.54, 1.807) is 22.7 Å². The molecule has 0 aliphatic carbocycles. The van der Waals surface area contributed by atoms with Gasteiger partial charge in [0.25, 0.3) is 0 Å². The van der Waals surface area contributed by atoms with Crippen molar-refractivity contribution < 1.29 is 0 Å². The average Bonchev–Trinajstić information content (AvgIpc) is 2.70. The molecule has 0 atom stereocenters. The van der Waals surface area contributed by atoms with Crippen LogP contribution in [0.5, 0.6) is 0 Å². The van der Waals surface area contributed by atoms with Gasteiger partial charge in [-0.05, 0) is 23.6 Å². The Morgan fingerprint density at radius 1 is 1.15 bits per heavy atom. The molecule has 0 spiro atoms. The maximum Gasteiger partial charge on any atom is 0.0775 e. The van der Waals surface area contributed by atoms with E-state index in [0.29, 0.717) is 0 Å². The van der Waals surface area contributed by atoms with Crippen LogP contribution in [0.1, 0.15) is 4.88 Å². The Morgan fingerprint density at radius 2 is 2.08 bits per heavy atom. The minimum absolute atomic E-state index is 1.08. The molecule has 0 amide bonds. The fourth-order valence-corrected chi connectivity index (χ4v) is 2.76. The van der Waals surface area contributed by atoms with E-state index in [0.717, 1.165) is 4.88 Å². The van der Waals surface area contributed by atoms with Crippen molar-refractivity contribution in [2.45, 2.75) is 0 Å². The van der Waals surface area contributed by atoms with Crippen LogP contribution in [0, 0.1) is 18.8 Å². The summed E-state index contributed by atoms with van der Waals surface area (Å²) in [6.45, 7) is 3.50. The standard InChI is InChI=1S/C11H7S2/c1-2-4-9-6-7-11(13-9)10-5-3-8-12-10/h3,5-8H,1H2. The monoisotopic (exact) mass is 203 g/mol. The fraction of sp³-hybridized carbons (Fsp3) is 0. The Bertz CT molecular complexity index is 438. The average molecular weight is 203 g/mol. The van der Waals surface area contributed by atoms with Crippen LogP contribution in [0.2, 0.25) is 0 Å². The molecule has 2 heterocycles. The third-order valence-electron chi connectivity index (χ3n) is 1.58. The van der Waals surface area contributed by atoms with Crippen LogP contribution in [0.25, 0.3) is 9.75 Å². The van der Waals surface area contributed by atoms with Gasteiger partial charge in [-0.15, -0.1) is 22.7 Å². The molecule has 0 aliphatic heterocycles. The molecule has 2 heteroatoms. The molecule has 0 saturated carbocycles. The summed E-state index contributed by atoms with van der Waals surface area (Å²) in [6, 6.07) is 8.33. The second-order valence-corrected chi connectivity index (χ2v) is 4.47. The number of thiophene rings is 2. The lowest BCUT2D eigenvalue weighted by atomic mass is 10.4. The highest BCUT2D eigenvalue weighted by atomic mass is 32.1. The van der Waals surface area contributed by atoms with E-state index in [2.05, 4.69) is 42.3 Å². The summed E-state index contributed by atoms with van der Waals surface area (Å²) in [4.78, 5) is 3.67. The van der Waals surface area contributed by atoms with E-state index < -0.39 is 0 Å². The predicted octanol–water partition coefficient (Wildman–Crippen LogP) is 3.66. The van der Waals surface area contributed by atoms with Crippen molar-refractivity contribution in [2.24, 2.45) is 0 Å². The van der Waals surface area contributed by atoms with E-state index in [1.807, 2.05) is 6.07 Å². The largest absolute Gasteiger partial charge is 0.143 e. The number of hydrogen-bond acceptors (Lipinski definition) is 2. The van der Waals surface area contributed by atoms with Crippen LogP contribution in [0.15, 0.2) is 29.6 Å². The second kappa shape index (κ2) is 3.78. The van der Waals surface area contributed by atoms with Crippen molar-refractivity contribution in [3.8, 4) is 21.6 Å². The number of hydrogen-bond donors (Lipinski definition) is 0. The normalized spacial score (nSPS) is 9.31. The van der Waals surface area contributed by atoms with Crippen molar-refractivity contribution in [3.05, 3.63) is 41.4 Å². The maximum absolute atomic E-state index is 3.50. The lowest BCUT2D eigenvalue weighted by Crippen LogP contribution is -1.56. The van der Waals surface area contributed by atoms with Gasteiger partial charge in [0.1, 0.15) is 0 Å². The van der Waals surface area contributed by atoms with E-state index in [4.69, 9.17) is 0 Å². The smallest absolute Gasteiger partial charge is 0.0775 e. The third kappa shape index (κ3) is 1.82. The minimum Gasteiger partial charge on any atom is -0.143 e. The van der Waals surface area contributed by atoms with Crippen molar-refractivity contribution in [1.82, 2.24) is 0 Å². The van der Waals surface area contributed by atoms with Crippen LogP contribution in [0.3, 0.4) is 0 Å². The molecule has 0 unspecified atom stereocenters. The van der Waals surface area contributed by atoms with Crippen LogP contribution >= 0.6 is 22.7 Å². The van der Waals surface area contributed by atoms with Gasteiger partial charge in [-0.2, -0.15) is 0 Å². The van der Waals surface area contributed by atoms with Gasteiger partial charge < -0.3 is 0 Å². The van der Waals surface area contributed by atoms with Crippen molar-refractivity contribution >= 4 is 22.7 Å². The zero-order valence-electron chi connectivity index (χ0n) is 6.91. The van der Waals surface area contributed by atoms with E-state index >= 15 is 0 Å². The first-order valence-electron chi connectivity index (χ1n) is 3.82. The molecule has 2 aromatic heterocycles. The zero-order chi connectivity index (χ0) is 9.10. The highest BCUT2D eigenvalue weighted by Crippen LogP contribution is 2.30. The van der Waals surface area contributed by atoms with Crippen molar-refractivity contribution in [3.63, 3.8) is 0 Å². The van der Waals surface area contributed by atoms with E-state index in [-0.39, 0.29) is 0 Å². The molecule has 1 radical (unpaired) electrons. The maximum atomic E-state index is 3.50. The Labute approximate surface area is 85.9 Å². The van der Waals surface area contributed by atoms with Crippen molar-refractivity contribution in [2.75, 3.05) is 0 Å². The molecule has 0 N–H and O–H groups in total. The lowest BCUT2D eigenvalue weighted by molar-refractivity contribution is 1.90. The summed E-state index contributed by atoms with van der Waals surface area (Å²) < 4.78 is 0. The summed E-state index contributed by atoms with van der Waals surface area (Å²) in [7, 11) is 0. The predicted molar refractivity (Wildman–Crippen MR) is 59.9 cm³/mol. The molecule has 13 heavy (non-hydrogen) atoms. The minimum atomic E-state index is 1.08. The Morgan fingerprint density at radius 3 is 2.77 bits per heavy atom. The van der Waals surface area contributed by atoms with Crippen LogP contribution in [0.4, 0.5) is 0 Å². The highest BCUT2D eigenvalue weighted by molar-refractivity contribution is 7.21. The van der Waals surface area contributed by atoms with Crippen LogP contribution in [-0.2, 0) is 0 Å². The molecule has 2 aromatic rings. The van der Waals surface area contributed by atoms with Crippen LogP contribution in [-0.4, -0.2) is 0 Å². The summed E-state index contributed by atoms with van der Waals surface area (Å²) in [5, 5.41) is 2.09. The second-order valence-electron chi connectivity index (χ2n) is 2.44. The van der Waals surface area contributed by atoms with Crippen LogP contribution < -0.4 is 0 Å². The molecular weight excluding hydrogens is 196 g/mol. The Balaban J connectivity index is 2.37. The Kier molecular flexibility index (Phi) is 2.49. The zero-order valence-corrected chi connectivity index (χ0v) is 8.54. The molecule has 0 saturated heterocycles. The SMILES string of the molecule is [CH2]C#Cc1ccc(-c2cccs2)s1. The van der Waals surface area contributed by atoms with Gasteiger partial charge >= 0.3 is 0 Å². The van der Waals surface area contributed by atoms with Gasteiger partial charge in [-0.25, -0.2) is 0 Å². The molecule has 0 nitrogen and oxygen atoms in total. The Hall–Kier alpha value is -1.04. The summed E-state index contributed by atoms with van der Waals surface area (Å²) >= 11 is 3.47. The molecule has 63 valence electrons. The summed E-state index contributed by atoms with van der Waals surface area (Å²) in [5.41, 5.74) is 0. The van der Waals surface area contributed by atoms with Gasteiger partial charge in [0.05, 0.1) is 4.88 Å². The molecule has 0 fully saturated rings. The number of rotatable bonds is 1. The van der Waals surface area contributed by atoms with Gasteiger partial charge in [0.15, 0.2) is 0 Å². The fourth-order valence-electron chi connectivity index (χ4n) is 1.04. The molecular formula is C11H7S2.